The zero-order valence-electron chi connectivity index (χ0n) is 12.2. The van der Waals surface area contributed by atoms with Crippen molar-refractivity contribution in [1.82, 2.24) is 5.32 Å². The number of hydrogen-bond donors (Lipinski definition) is 1. The first-order valence-electron chi connectivity index (χ1n) is 7.04. The fourth-order valence-corrected chi connectivity index (χ4v) is 3.76. The van der Waals surface area contributed by atoms with Crippen LogP contribution in [0.2, 0.25) is 0 Å². The van der Waals surface area contributed by atoms with E-state index in [9.17, 15) is 0 Å². The molecule has 1 aliphatic rings. The molecule has 1 unspecified atom stereocenters. The van der Waals surface area contributed by atoms with E-state index in [2.05, 4.69) is 30.9 Å². The third-order valence-corrected chi connectivity index (χ3v) is 4.72. The minimum atomic E-state index is 0.459. The van der Waals surface area contributed by atoms with Gasteiger partial charge in [0.2, 0.25) is 0 Å². The lowest BCUT2D eigenvalue weighted by molar-refractivity contribution is 0.0686. The van der Waals surface area contributed by atoms with Crippen molar-refractivity contribution >= 4 is 11.8 Å². The van der Waals surface area contributed by atoms with E-state index in [0.29, 0.717) is 18.1 Å². The molecule has 108 valence electrons. The van der Waals surface area contributed by atoms with Gasteiger partial charge in [-0.25, -0.2) is 0 Å². The Bertz CT molecular complexity index is 212. The Morgan fingerprint density at radius 3 is 2.78 bits per heavy atom. The SMILES string of the molecule is COCCOCCCCNC1CSCCC1(C)C. The Morgan fingerprint density at radius 1 is 1.22 bits per heavy atom. The molecule has 1 saturated heterocycles. The van der Waals surface area contributed by atoms with Crippen LogP contribution in [-0.4, -0.2) is 51.0 Å². The van der Waals surface area contributed by atoms with Crippen molar-refractivity contribution in [3.63, 3.8) is 0 Å². The van der Waals surface area contributed by atoms with Gasteiger partial charge in [-0.15, -0.1) is 0 Å². The van der Waals surface area contributed by atoms with Crippen molar-refractivity contribution in [2.45, 2.75) is 39.2 Å². The predicted molar refractivity (Wildman–Crippen MR) is 79.4 cm³/mol. The first-order chi connectivity index (χ1) is 8.67. The quantitative estimate of drug-likeness (QED) is 0.655. The van der Waals surface area contributed by atoms with E-state index >= 15 is 0 Å². The molecular formula is C14H29NO2S. The maximum absolute atomic E-state index is 5.45. The van der Waals surface area contributed by atoms with E-state index in [-0.39, 0.29) is 0 Å². The lowest BCUT2D eigenvalue weighted by Gasteiger charge is -2.39. The molecule has 1 rings (SSSR count). The summed E-state index contributed by atoms with van der Waals surface area (Å²) in [5, 5.41) is 3.71. The number of rotatable bonds is 9. The second kappa shape index (κ2) is 9.18. The molecule has 1 aliphatic heterocycles. The highest BCUT2D eigenvalue weighted by molar-refractivity contribution is 7.99. The second-order valence-electron chi connectivity index (χ2n) is 5.63. The number of hydrogen-bond acceptors (Lipinski definition) is 4. The molecule has 0 spiro atoms. The van der Waals surface area contributed by atoms with Gasteiger partial charge in [-0.2, -0.15) is 11.8 Å². The Hall–Kier alpha value is 0.230. The maximum atomic E-state index is 5.45. The Labute approximate surface area is 116 Å². The molecule has 1 N–H and O–H groups in total. The van der Waals surface area contributed by atoms with Gasteiger partial charge in [-0.1, -0.05) is 13.8 Å². The Morgan fingerprint density at radius 2 is 2.06 bits per heavy atom. The standard InChI is InChI=1S/C14H29NO2S/c1-14(2)6-11-18-12-13(14)15-7-4-5-8-17-10-9-16-3/h13,15H,4-12H2,1-3H3. The molecule has 3 nitrogen and oxygen atoms in total. The molecule has 0 amide bonds. The number of thioether (sulfide) groups is 1. The molecule has 1 heterocycles. The summed E-state index contributed by atoms with van der Waals surface area (Å²) in [4.78, 5) is 0. The van der Waals surface area contributed by atoms with E-state index in [1.54, 1.807) is 7.11 Å². The van der Waals surface area contributed by atoms with Gasteiger partial charge in [0.1, 0.15) is 0 Å². The monoisotopic (exact) mass is 275 g/mol. The molecule has 0 saturated carbocycles. The van der Waals surface area contributed by atoms with Gasteiger partial charge in [0.05, 0.1) is 13.2 Å². The third-order valence-electron chi connectivity index (χ3n) is 3.66. The van der Waals surface area contributed by atoms with Crippen molar-refractivity contribution in [3.05, 3.63) is 0 Å². The van der Waals surface area contributed by atoms with E-state index in [4.69, 9.17) is 9.47 Å². The number of methoxy groups -OCH3 is 1. The molecular weight excluding hydrogens is 246 g/mol. The van der Waals surface area contributed by atoms with Crippen LogP contribution >= 0.6 is 11.8 Å². The van der Waals surface area contributed by atoms with Crippen LogP contribution in [0.3, 0.4) is 0 Å². The molecule has 0 aliphatic carbocycles. The molecule has 0 radical (unpaired) electrons. The van der Waals surface area contributed by atoms with Crippen LogP contribution in [0.4, 0.5) is 0 Å². The van der Waals surface area contributed by atoms with E-state index in [1.807, 2.05) is 0 Å². The maximum Gasteiger partial charge on any atom is 0.0700 e. The van der Waals surface area contributed by atoms with Crippen LogP contribution in [0.5, 0.6) is 0 Å². The summed E-state index contributed by atoms with van der Waals surface area (Å²) < 4.78 is 10.4. The van der Waals surface area contributed by atoms with Crippen LogP contribution in [0.25, 0.3) is 0 Å². The van der Waals surface area contributed by atoms with E-state index in [1.165, 1.54) is 24.3 Å². The van der Waals surface area contributed by atoms with Crippen LogP contribution < -0.4 is 5.32 Å². The summed E-state index contributed by atoms with van der Waals surface area (Å²) in [6, 6.07) is 0.672. The molecule has 4 heteroatoms. The van der Waals surface area contributed by atoms with Crippen molar-refractivity contribution in [2.75, 3.05) is 45.0 Å². The van der Waals surface area contributed by atoms with Crippen LogP contribution in [0.1, 0.15) is 33.1 Å². The highest BCUT2D eigenvalue weighted by atomic mass is 32.2. The fourth-order valence-electron chi connectivity index (χ4n) is 2.12. The summed E-state index contributed by atoms with van der Waals surface area (Å²) in [5.74, 6) is 2.58. The smallest absolute Gasteiger partial charge is 0.0700 e. The lowest BCUT2D eigenvalue weighted by atomic mass is 9.82. The minimum Gasteiger partial charge on any atom is -0.382 e. The third kappa shape index (κ3) is 6.41. The van der Waals surface area contributed by atoms with Crippen LogP contribution in [-0.2, 0) is 9.47 Å². The molecule has 1 fully saturated rings. The summed E-state index contributed by atoms with van der Waals surface area (Å²) in [5.41, 5.74) is 0.459. The van der Waals surface area contributed by atoms with Crippen molar-refractivity contribution in [3.8, 4) is 0 Å². The average Bonchev–Trinajstić information content (AvgIpc) is 2.34. The van der Waals surface area contributed by atoms with Crippen molar-refractivity contribution in [2.24, 2.45) is 5.41 Å². The van der Waals surface area contributed by atoms with Crippen LogP contribution in [0.15, 0.2) is 0 Å². The van der Waals surface area contributed by atoms with Gasteiger partial charge in [0.15, 0.2) is 0 Å². The Balaban J connectivity index is 1.97. The minimum absolute atomic E-state index is 0.459. The number of nitrogens with one attached hydrogen (secondary N) is 1. The summed E-state index contributed by atoms with van der Waals surface area (Å²) in [6.45, 7) is 8.16. The van der Waals surface area contributed by atoms with Crippen molar-refractivity contribution in [1.29, 1.82) is 0 Å². The zero-order valence-corrected chi connectivity index (χ0v) is 13.0. The van der Waals surface area contributed by atoms with E-state index in [0.717, 1.165) is 26.2 Å². The summed E-state index contributed by atoms with van der Waals surface area (Å²) in [7, 11) is 1.71. The largest absolute Gasteiger partial charge is 0.382 e. The molecule has 0 aromatic carbocycles. The summed E-state index contributed by atoms with van der Waals surface area (Å²) >= 11 is 2.08. The normalized spacial score (nSPS) is 23.2. The topological polar surface area (TPSA) is 30.5 Å². The van der Waals surface area contributed by atoms with Crippen LogP contribution in [0, 0.1) is 5.41 Å². The average molecular weight is 275 g/mol. The first kappa shape index (κ1) is 16.3. The van der Waals surface area contributed by atoms with Gasteiger partial charge in [0.25, 0.3) is 0 Å². The summed E-state index contributed by atoms with van der Waals surface area (Å²) in [6.07, 6.45) is 3.66. The van der Waals surface area contributed by atoms with E-state index < -0.39 is 0 Å². The van der Waals surface area contributed by atoms with Gasteiger partial charge >= 0.3 is 0 Å². The fraction of sp³-hybridized carbons (Fsp3) is 1.00. The predicted octanol–water partition coefficient (Wildman–Crippen LogP) is 2.55. The Kier molecular flexibility index (Phi) is 8.31. The van der Waals surface area contributed by atoms with Gasteiger partial charge in [-0.05, 0) is 37.0 Å². The van der Waals surface area contributed by atoms with Gasteiger partial charge in [0, 0.05) is 25.5 Å². The number of unbranched alkanes of at least 4 members (excludes halogenated alkanes) is 1. The molecule has 0 aromatic heterocycles. The van der Waals surface area contributed by atoms with Gasteiger partial charge in [-0.3, -0.25) is 0 Å². The number of ether oxygens (including phenoxy) is 2. The molecule has 18 heavy (non-hydrogen) atoms. The highest BCUT2D eigenvalue weighted by Gasteiger charge is 2.31. The first-order valence-corrected chi connectivity index (χ1v) is 8.20. The second-order valence-corrected chi connectivity index (χ2v) is 6.78. The molecule has 0 aromatic rings. The molecule has 0 bridgehead atoms. The highest BCUT2D eigenvalue weighted by Crippen LogP contribution is 2.33. The van der Waals surface area contributed by atoms with Crippen molar-refractivity contribution < 1.29 is 9.47 Å². The van der Waals surface area contributed by atoms with Gasteiger partial charge < -0.3 is 14.8 Å². The molecule has 1 atom stereocenters. The lowest BCUT2D eigenvalue weighted by Crippen LogP contribution is -2.46. The zero-order chi connectivity index (χ0) is 13.3.